The van der Waals surface area contributed by atoms with Gasteiger partial charge in [0.05, 0.1) is 11.3 Å². The van der Waals surface area contributed by atoms with E-state index in [4.69, 9.17) is 0 Å². The zero-order valence-corrected chi connectivity index (χ0v) is 12.1. The summed E-state index contributed by atoms with van der Waals surface area (Å²) in [6.07, 6.45) is 0.910. The monoisotopic (exact) mass is 262 g/mol. The van der Waals surface area contributed by atoms with Crippen molar-refractivity contribution in [2.24, 2.45) is 0 Å². The number of nitrogens with zero attached hydrogens (tertiary/aromatic N) is 2. The van der Waals surface area contributed by atoms with Gasteiger partial charge in [-0.05, 0) is 31.4 Å². The first kappa shape index (κ1) is 14.0. The third-order valence-corrected chi connectivity index (χ3v) is 3.74. The quantitative estimate of drug-likeness (QED) is 0.910. The highest BCUT2D eigenvalue weighted by atomic mass is 16.4. The minimum absolute atomic E-state index is 0.138. The SMILES string of the molecule is CC(C)c1nc2c(cc1C(=O)O)CN(C(C)C)CC2. The first-order valence-electron chi connectivity index (χ1n) is 6.90. The van der Waals surface area contributed by atoms with Gasteiger partial charge in [-0.3, -0.25) is 9.88 Å². The molecule has 0 amide bonds. The fourth-order valence-electron chi connectivity index (χ4n) is 2.56. The molecule has 4 nitrogen and oxygen atoms in total. The number of carboxylic acid groups (broad SMARTS) is 1. The molecule has 0 radical (unpaired) electrons. The molecule has 2 heterocycles. The highest BCUT2D eigenvalue weighted by molar-refractivity contribution is 5.89. The van der Waals surface area contributed by atoms with Crippen molar-refractivity contribution in [1.82, 2.24) is 9.88 Å². The summed E-state index contributed by atoms with van der Waals surface area (Å²) >= 11 is 0. The Morgan fingerprint density at radius 1 is 1.37 bits per heavy atom. The van der Waals surface area contributed by atoms with E-state index in [-0.39, 0.29) is 5.92 Å². The number of carboxylic acids is 1. The maximum atomic E-state index is 11.4. The normalized spacial score (nSPS) is 15.9. The van der Waals surface area contributed by atoms with E-state index in [0.717, 1.165) is 30.8 Å². The third-order valence-electron chi connectivity index (χ3n) is 3.74. The number of rotatable bonds is 3. The molecule has 0 atom stereocenters. The summed E-state index contributed by atoms with van der Waals surface area (Å²) < 4.78 is 0. The van der Waals surface area contributed by atoms with E-state index in [2.05, 4.69) is 23.7 Å². The molecule has 1 aliphatic rings. The Morgan fingerprint density at radius 3 is 2.58 bits per heavy atom. The van der Waals surface area contributed by atoms with Gasteiger partial charge in [-0.1, -0.05) is 13.8 Å². The van der Waals surface area contributed by atoms with Crippen LogP contribution >= 0.6 is 0 Å². The summed E-state index contributed by atoms with van der Waals surface area (Å²) in [6, 6.07) is 2.31. The maximum absolute atomic E-state index is 11.4. The average Bonchev–Trinajstić information content (AvgIpc) is 2.36. The maximum Gasteiger partial charge on any atom is 0.337 e. The number of aromatic nitrogens is 1. The molecule has 104 valence electrons. The topological polar surface area (TPSA) is 53.4 Å². The molecule has 1 N–H and O–H groups in total. The van der Waals surface area contributed by atoms with Gasteiger partial charge in [0.2, 0.25) is 0 Å². The zero-order valence-electron chi connectivity index (χ0n) is 12.1. The third kappa shape index (κ3) is 2.78. The molecule has 1 aromatic rings. The Hall–Kier alpha value is -1.42. The molecule has 1 aliphatic heterocycles. The number of carbonyl (C=O) groups is 1. The van der Waals surface area contributed by atoms with Crippen molar-refractivity contribution in [1.29, 1.82) is 0 Å². The average molecular weight is 262 g/mol. The Balaban J connectivity index is 2.43. The van der Waals surface area contributed by atoms with Gasteiger partial charge in [0.1, 0.15) is 0 Å². The molecule has 0 spiro atoms. The van der Waals surface area contributed by atoms with Crippen LogP contribution in [0.1, 0.15) is 60.9 Å². The van der Waals surface area contributed by atoms with Crippen molar-refractivity contribution < 1.29 is 9.90 Å². The summed E-state index contributed by atoms with van der Waals surface area (Å²) in [5.41, 5.74) is 3.22. The molecule has 19 heavy (non-hydrogen) atoms. The minimum atomic E-state index is -0.874. The summed E-state index contributed by atoms with van der Waals surface area (Å²) in [4.78, 5) is 18.3. The van der Waals surface area contributed by atoms with Gasteiger partial charge < -0.3 is 5.11 Å². The van der Waals surface area contributed by atoms with Crippen LogP contribution in [0, 0.1) is 0 Å². The Kier molecular flexibility index (Phi) is 3.90. The van der Waals surface area contributed by atoms with Crippen LogP contribution in [-0.4, -0.2) is 33.5 Å². The molecule has 0 saturated carbocycles. The Bertz CT molecular complexity index is 495. The molecule has 0 bridgehead atoms. The molecule has 0 saturated heterocycles. The van der Waals surface area contributed by atoms with Gasteiger partial charge in [0.25, 0.3) is 0 Å². The highest BCUT2D eigenvalue weighted by Gasteiger charge is 2.24. The van der Waals surface area contributed by atoms with Crippen LogP contribution < -0.4 is 0 Å². The van der Waals surface area contributed by atoms with E-state index in [1.165, 1.54) is 0 Å². The molecule has 0 unspecified atom stereocenters. The molecule has 1 aromatic heterocycles. The van der Waals surface area contributed by atoms with Gasteiger partial charge in [-0.25, -0.2) is 4.79 Å². The molecular weight excluding hydrogens is 240 g/mol. The number of pyridine rings is 1. The molecule has 2 rings (SSSR count). The van der Waals surface area contributed by atoms with Gasteiger partial charge in [0, 0.05) is 31.2 Å². The highest BCUT2D eigenvalue weighted by Crippen LogP contribution is 2.25. The second kappa shape index (κ2) is 5.29. The first-order valence-corrected chi connectivity index (χ1v) is 6.90. The van der Waals surface area contributed by atoms with Crippen molar-refractivity contribution >= 4 is 5.97 Å². The van der Waals surface area contributed by atoms with E-state index in [1.807, 2.05) is 19.9 Å². The summed E-state index contributed by atoms with van der Waals surface area (Å²) in [5.74, 6) is -0.736. The van der Waals surface area contributed by atoms with Gasteiger partial charge in [-0.2, -0.15) is 0 Å². The van der Waals surface area contributed by atoms with Crippen LogP contribution in [-0.2, 0) is 13.0 Å². The van der Waals surface area contributed by atoms with Crippen molar-refractivity contribution in [3.63, 3.8) is 0 Å². The largest absolute Gasteiger partial charge is 0.478 e. The lowest BCUT2D eigenvalue weighted by Gasteiger charge is -2.32. The number of hydrogen-bond donors (Lipinski definition) is 1. The Morgan fingerprint density at radius 2 is 2.05 bits per heavy atom. The van der Waals surface area contributed by atoms with Crippen LogP contribution in [0.25, 0.3) is 0 Å². The smallest absolute Gasteiger partial charge is 0.337 e. The van der Waals surface area contributed by atoms with E-state index in [9.17, 15) is 9.90 Å². The molecule has 0 fully saturated rings. The number of fused-ring (bicyclic) bond motifs is 1. The predicted molar refractivity (Wildman–Crippen MR) is 74.5 cm³/mol. The first-order chi connectivity index (χ1) is 8.90. The zero-order chi connectivity index (χ0) is 14.2. The van der Waals surface area contributed by atoms with E-state index in [0.29, 0.717) is 17.3 Å². The molecular formula is C15H22N2O2. The fourth-order valence-corrected chi connectivity index (χ4v) is 2.56. The minimum Gasteiger partial charge on any atom is -0.478 e. The fraction of sp³-hybridized carbons (Fsp3) is 0.600. The van der Waals surface area contributed by atoms with Crippen LogP contribution in [0.5, 0.6) is 0 Å². The van der Waals surface area contributed by atoms with Crippen LogP contribution in [0.4, 0.5) is 0 Å². The second-order valence-electron chi connectivity index (χ2n) is 5.80. The van der Waals surface area contributed by atoms with Crippen molar-refractivity contribution in [3.05, 3.63) is 28.6 Å². The van der Waals surface area contributed by atoms with Gasteiger partial charge in [0.15, 0.2) is 0 Å². The standard InChI is InChI=1S/C15H22N2O2/c1-9(2)14-12(15(18)19)7-11-8-17(10(3)4)6-5-13(11)16-14/h7,9-10H,5-6,8H2,1-4H3,(H,18,19). The van der Waals surface area contributed by atoms with Crippen LogP contribution in [0.2, 0.25) is 0 Å². The van der Waals surface area contributed by atoms with Gasteiger partial charge >= 0.3 is 5.97 Å². The van der Waals surface area contributed by atoms with E-state index < -0.39 is 5.97 Å². The summed E-state index contributed by atoms with van der Waals surface area (Å²) in [5, 5.41) is 9.34. The van der Waals surface area contributed by atoms with Gasteiger partial charge in [-0.15, -0.1) is 0 Å². The number of aromatic carboxylic acids is 1. The van der Waals surface area contributed by atoms with Crippen LogP contribution in [0.15, 0.2) is 6.07 Å². The lowest BCUT2D eigenvalue weighted by molar-refractivity contribution is 0.0694. The molecule has 0 aromatic carbocycles. The lowest BCUT2D eigenvalue weighted by atomic mass is 9.97. The van der Waals surface area contributed by atoms with E-state index >= 15 is 0 Å². The van der Waals surface area contributed by atoms with Crippen LogP contribution in [0.3, 0.4) is 0 Å². The summed E-state index contributed by atoms with van der Waals surface area (Å²) in [6.45, 7) is 10.1. The second-order valence-corrected chi connectivity index (χ2v) is 5.80. The lowest BCUT2D eigenvalue weighted by Crippen LogP contribution is -2.36. The van der Waals surface area contributed by atoms with Crippen molar-refractivity contribution in [2.75, 3.05) is 6.54 Å². The predicted octanol–water partition coefficient (Wildman–Crippen LogP) is 2.67. The Labute approximate surface area is 114 Å². The molecule has 4 heteroatoms. The van der Waals surface area contributed by atoms with E-state index in [1.54, 1.807) is 0 Å². The van der Waals surface area contributed by atoms with Crippen molar-refractivity contribution in [2.45, 2.75) is 52.6 Å². The van der Waals surface area contributed by atoms with Crippen molar-refractivity contribution in [3.8, 4) is 0 Å². The number of hydrogen-bond acceptors (Lipinski definition) is 3. The molecule has 0 aliphatic carbocycles. The summed E-state index contributed by atoms with van der Waals surface area (Å²) in [7, 11) is 0.